The number of anilines is 1. The number of aromatic nitrogens is 2. The maximum Gasteiger partial charge on any atom is 0.147 e. The molecule has 0 aliphatic carbocycles. The van der Waals surface area contributed by atoms with Crippen LogP contribution in [0.1, 0.15) is 5.56 Å². The highest BCUT2D eigenvalue weighted by Gasteiger charge is 2.10. The number of rotatable bonds is 4. The quantitative estimate of drug-likeness (QED) is 0.689. The molecule has 0 amide bonds. The lowest BCUT2D eigenvalue weighted by Gasteiger charge is -2.19. The molecule has 0 saturated carbocycles. The molecule has 0 radical (unpaired) electrons. The van der Waals surface area contributed by atoms with E-state index in [0.29, 0.717) is 0 Å². The average molecular weight is 354 g/mol. The van der Waals surface area contributed by atoms with Crippen molar-refractivity contribution in [3.05, 3.63) is 77.0 Å². The van der Waals surface area contributed by atoms with Gasteiger partial charge in [0, 0.05) is 19.2 Å². The number of hydrogen-bond acceptors (Lipinski definition) is 3. The summed E-state index contributed by atoms with van der Waals surface area (Å²) >= 11 is 3.49. The molecule has 0 unspecified atom stereocenters. The van der Waals surface area contributed by atoms with E-state index < -0.39 is 0 Å². The Kier molecular flexibility index (Phi) is 4.49. The summed E-state index contributed by atoms with van der Waals surface area (Å²) in [5.41, 5.74) is 3.16. The first-order valence-corrected chi connectivity index (χ1v) is 7.86. The fourth-order valence-electron chi connectivity index (χ4n) is 2.27. The molecule has 3 aromatic rings. The summed E-state index contributed by atoms with van der Waals surface area (Å²) in [7, 11) is 2.03. The standard InChI is InChI=1S/C18H16BrN3/c1-22(13-14-8-4-2-5-9-14)16-12-20-18(19)17(21-16)15-10-6-3-7-11-15/h2-12H,13H2,1H3. The maximum atomic E-state index is 4.76. The molecule has 22 heavy (non-hydrogen) atoms. The summed E-state index contributed by atoms with van der Waals surface area (Å²) in [5.74, 6) is 0.853. The van der Waals surface area contributed by atoms with Crippen LogP contribution in [-0.2, 0) is 6.54 Å². The number of nitrogens with zero attached hydrogens (tertiary/aromatic N) is 3. The van der Waals surface area contributed by atoms with Gasteiger partial charge in [-0.05, 0) is 21.5 Å². The van der Waals surface area contributed by atoms with Gasteiger partial charge in [-0.15, -0.1) is 0 Å². The van der Waals surface area contributed by atoms with Crippen molar-refractivity contribution >= 4 is 21.7 Å². The molecule has 0 fully saturated rings. The van der Waals surface area contributed by atoms with Gasteiger partial charge in [-0.2, -0.15) is 0 Å². The molecular formula is C18H16BrN3. The first-order chi connectivity index (χ1) is 10.7. The molecule has 0 bridgehead atoms. The van der Waals surface area contributed by atoms with Gasteiger partial charge in [0.05, 0.1) is 6.20 Å². The van der Waals surface area contributed by atoms with Crippen LogP contribution in [0, 0.1) is 0 Å². The van der Waals surface area contributed by atoms with Gasteiger partial charge < -0.3 is 4.90 Å². The molecule has 3 nitrogen and oxygen atoms in total. The maximum absolute atomic E-state index is 4.76. The van der Waals surface area contributed by atoms with Crippen molar-refractivity contribution in [2.75, 3.05) is 11.9 Å². The second kappa shape index (κ2) is 6.71. The fourth-order valence-corrected chi connectivity index (χ4v) is 2.69. The van der Waals surface area contributed by atoms with Gasteiger partial charge in [0.2, 0.25) is 0 Å². The third-order valence-electron chi connectivity index (χ3n) is 3.42. The molecule has 0 N–H and O–H groups in total. The predicted molar refractivity (Wildman–Crippen MR) is 93.7 cm³/mol. The van der Waals surface area contributed by atoms with E-state index in [0.717, 1.165) is 28.2 Å². The second-order valence-corrected chi connectivity index (χ2v) is 5.83. The minimum atomic E-state index is 0.760. The Morgan fingerprint density at radius 3 is 2.27 bits per heavy atom. The van der Waals surface area contributed by atoms with Crippen molar-refractivity contribution in [2.24, 2.45) is 0 Å². The Morgan fingerprint density at radius 2 is 1.59 bits per heavy atom. The summed E-state index contributed by atoms with van der Waals surface area (Å²) in [5, 5.41) is 0. The normalized spacial score (nSPS) is 10.5. The Bertz CT molecular complexity index is 745. The lowest BCUT2D eigenvalue weighted by Crippen LogP contribution is -2.18. The van der Waals surface area contributed by atoms with E-state index in [1.54, 1.807) is 6.20 Å². The first-order valence-electron chi connectivity index (χ1n) is 7.07. The monoisotopic (exact) mass is 353 g/mol. The summed E-state index contributed by atoms with van der Waals surface area (Å²) in [4.78, 5) is 11.3. The van der Waals surface area contributed by atoms with Crippen molar-refractivity contribution in [1.82, 2.24) is 9.97 Å². The van der Waals surface area contributed by atoms with Gasteiger partial charge in [0.25, 0.3) is 0 Å². The fraction of sp³-hybridized carbons (Fsp3) is 0.111. The van der Waals surface area contributed by atoms with E-state index in [2.05, 4.69) is 37.9 Å². The molecule has 0 aliphatic rings. The molecule has 3 rings (SSSR count). The largest absolute Gasteiger partial charge is 0.354 e. The van der Waals surface area contributed by atoms with Gasteiger partial charge in [0.1, 0.15) is 16.1 Å². The van der Waals surface area contributed by atoms with E-state index in [4.69, 9.17) is 4.98 Å². The lowest BCUT2D eigenvalue weighted by atomic mass is 10.2. The zero-order valence-electron chi connectivity index (χ0n) is 12.3. The molecular weight excluding hydrogens is 338 g/mol. The van der Waals surface area contributed by atoms with Gasteiger partial charge in [-0.3, -0.25) is 0 Å². The molecule has 2 aromatic carbocycles. The minimum absolute atomic E-state index is 0.760. The second-order valence-electron chi connectivity index (χ2n) is 5.08. The topological polar surface area (TPSA) is 29.0 Å². The third-order valence-corrected chi connectivity index (χ3v) is 4.00. The van der Waals surface area contributed by atoms with Crippen LogP contribution in [-0.4, -0.2) is 17.0 Å². The first kappa shape index (κ1) is 14.7. The predicted octanol–water partition coefficient (Wildman–Crippen LogP) is 4.54. The van der Waals surface area contributed by atoms with E-state index in [1.165, 1.54) is 5.56 Å². The van der Waals surface area contributed by atoms with Crippen molar-refractivity contribution < 1.29 is 0 Å². The molecule has 0 spiro atoms. The number of hydrogen-bond donors (Lipinski definition) is 0. The third kappa shape index (κ3) is 3.34. The number of benzene rings is 2. The van der Waals surface area contributed by atoms with E-state index >= 15 is 0 Å². The molecule has 4 heteroatoms. The van der Waals surface area contributed by atoms with Gasteiger partial charge in [-0.1, -0.05) is 60.7 Å². The number of halogens is 1. The Morgan fingerprint density at radius 1 is 0.955 bits per heavy atom. The van der Waals surface area contributed by atoms with Crippen LogP contribution in [0.5, 0.6) is 0 Å². The SMILES string of the molecule is CN(Cc1ccccc1)c1cnc(Br)c(-c2ccccc2)n1. The lowest BCUT2D eigenvalue weighted by molar-refractivity contribution is 0.889. The van der Waals surface area contributed by atoms with Crippen molar-refractivity contribution in [3.63, 3.8) is 0 Å². The summed E-state index contributed by atoms with van der Waals surface area (Å²) < 4.78 is 0.760. The zero-order chi connectivity index (χ0) is 15.4. The minimum Gasteiger partial charge on any atom is -0.354 e. The molecule has 0 aliphatic heterocycles. The van der Waals surface area contributed by atoms with E-state index in [9.17, 15) is 0 Å². The van der Waals surface area contributed by atoms with Crippen LogP contribution in [0.3, 0.4) is 0 Å². The summed E-state index contributed by atoms with van der Waals surface area (Å²) in [6.45, 7) is 0.797. The van der Waals surface area contributed by atoms with Gasteiger partial charge >= 0.3 is 0 Å². The average Bonchev–Trinajstić information content (AvgIpc) is 2.57. The van der Waals surface area contributed by atoms with E-state index in [-0.39, 0.29) is 0 Å². The Labute approximate surface area is 138 Å². The zero-order valence-corrected chi connectivity index (χ0v) is 13.9. The van der Waals surface area contributed by atoms with Crippen LogP contribution in [0.2, 0.25) is 0 Å². The summed E-state index contributed by atoms with van der Waals surface area (Å²) in [6, 6.07) is 20.4. The molecule has 0 saturated heterocycles. The molecule has 110 valence electrons. The van der Waals surface area contributed by atoms with Crippen LogP contribution in [0.4, 0.5) is 5.82 Å². The molecule has 1 heterocycles. The smallest absolute Gasteiger partial charge is 0.147 e. The highest BCUT2D eigenvalue weighted by Crippen LogP contribution is 2.26. The highest BCUT2D eigenvalue weighted by molar-refractivity contribution is 9.10. The van der Waals surface area contributed by atoms with E-state index in [1.807, 2.05) is 55.6 Å². The summed E-state index contributed by atoms with van der Waals surface area (Å²) in [6.07, 6.45) is 1.79. The van der Waals surface area contributed by atoms with Crippen molar-refractivity contribution in [3.8, 4) is 11.3 Å². The van der Waals surface area contributed by atoms with Crippen LogP contribution in [0.25, 0.3) is 11.3 Å². The molecule has 1 aromatic heterocycles. The van der Waals surface area contributed by atoms with Crippen LogP contribution >= 0.6 is 15.9 Å². The van der Waals surface area contributed by atoms with Gasteiger partial charge in [0.15, 0.2) is 0 Å². The van der Waals surface area contributed by atoms with Gasteiger partial charge in [-0.25, -0.2) is 9.97 Å². The highest BCUT2D eigenvalue weighted by atomic mass is 79.9. The Balaban J connectivity index is 1.89. The molecule has 0 atom stereocenters. The van der Waals surface area contributed by atoms with Crippen LogP contribution in [0.15, 0.2) is 71.5 Å². The van der Waals surface area contributed by atoms with Crippen LogP contribution < -0.4 is 4.90 Å². The Hall–Kier alpha value is -2.20. The van der Waals surface area contributed by atoms with Crippen molar-refractivity contribution in [1.29, 1.82) is 0 Å². The van der Waals surface area contributed by atoms with Crippen molar-refractivity contribution in [2.45, 2.75) is 6.54 Å².